The Labute approximate surface area is 153 Å². The van der Waals surface area contributed by atoms with Crippen molar-refractivity contribution >= 4 is 12.0 Å². The number of aliphatic hydroxyl groups excluding tert-OH is 1. The summed E-state index contributed by atoms with van der Waals surface area (Å²) in [6, 6.07) is 18.1. The van der Waals surface area contributed by atoms with Crippen molar-refractivity contribution in [3.05, 3.63) is 77.4 Å². The van der Waals surface area contributed by atoms with Crippen LogP contribution < -0.4 is 5.48 Å². The maximum atomic E-state index is 11.0. The fourth-order valence-corrected chi connectivity index (χ4v) is 3.46. The quantitative estimate of drug-likeness (QED) is 0.424. The van der Waals surface area contributed by atoms with E-state index < -0.39 is 12.0 Å². The van der Waals surface area contributed by atoms with Gasteiger partial charge in [0.1, 0.15) is 0 Å². The van der Waals surface area contributed by atoms with Gasteiger partial charge >= 0.3 is 0 Å². The van der Waals surface area contributed by atoms with Gasteiger partial charge in [0.2, 0.25) is 0 Å². The van der Waals surface area contributed by atoms with Crippen LogP contribution in [0.15, 0.2) is 60.7 Å². The van der Waals surface area contributed by atoms with Crippen LogP contribution in [0, 0.1) is 0 Å². The molecule has 0 saturated carbocycles. The number of carbonyl (C=O) groups excluding carboxylic acids is 1. The fraction of sp³-hybridized carbons (Fsp3) is 0.286. The Morgan fingerprint density at radius 3 is 2.62 bits per heavy atom. The highest BCUT2D eigenvalue weighted by molar-refractivity contribution is 5.90. The van der Waals surface area contributed by atoms with Gasteiger partial charge in [0.05, 0.1) is 6.10 Å². The van der Waals surface area contributed by atoms with Gasteiger partial charge in [-0.3, -0.25) is 14.9 Å². The second-order valence-electron chi connectivity index (χ2n) is 6.56. The van der Waals surface area contributed by atoms with Crippen molar-refractivity contribution in [3.63, 3.8) is 0 Å². The summed E-state index contributed by atoms with van der Waals surface area (Å²) >= 11 is 0. The number of hydroxylamine groups is 1. The first-order valence-corrected chi connectivity index (χ1v) is 8.86. The summed E-state index contributed by atoms with van der Waals surface area (Å²) in [6.45, 7) is 1.60. The number of amides is 1. The Hall–Kier alpha value is -2.47. The molecule has 1 saturated heterocycles. The first-order valence-electron chi connectivity index (χ1n) is 8.86. The van der Waals surface area contributed by atoms with Crippen LogP contribution in [0.25, 0.3) is 6.08 Å². The van der Waals surface area contributed by atoms with Gasteiger partial charge < -0.3 is 5.11 Å². The minimum absolute atomic E-state index is 0.298. The Bertz CT molecular complexity index is 744. The minimum Gasteiger partial charge on any atom is -0.387 e. The number of benzene rings is 2. The van der Waals surface area contributed by atoms with Crippen molar-refractivity contribution < 1.29 is 15.1 Å². The average molecular weight is 352 g/mol. The normalized spacial score (nSPS) is 18.9. The summed E-state index contributed by atoms with van der Waals surface area (Å²) in [4.78, 5) is 13.4. The summed E-state index contributed by atoms with van der Waals surface area (Å²) in [5.41, 5.74) is 4.63. The zero-order valence-electron chi connectivity index (χ0n) is 14.6. The molecule has 1 aliphatic rings. The number of carbonyl (C=O) groups is 1. The molecule has 0 aromatic heterocycles. The number of rotatable bonds is 6. The highest BCUT2D eigenvalue weighted by Crippen LogP contribution is 2.33. The molecule has 2 unspecified atom stereocenters. The predicted molar refractivity (Wildman–Crippen MR) is 100 cm³/mol. The smallest absolute Gasteiger partial charge is 0.267 e. The number of hydrogen-bond donors (Lipinski definition) is 3. The number of likely N-dealkylation sites (tertiary alicyclic amines) is 1. The molecule has 26 heavy (non-hydrogen) atoms. The van der Waals surface area contributed by atoms with E-state index in [9.17, 15) is 9.90 Å². The van der Waals surface area contributed by atoms with Gasteiger partial charge in [-0.1, -0.05) is 54.6 Å². The number of aliphatic hydroxyl groups is 1. The van der Waals surface area contributed by atoms with Crippen molar-refractivity contribution in [3.8, 4) is 0 Å². The Kier molecular flexibility index (Phi) is 6.17. The van der Waals surface area contributed by atoms with Crippen molar-refractivity contribution in [1.29, 1.82) is 0 Å². The van der Waals surface area contributed by atoms with E-state index in [0.717, 1.165) is 30.5 Å². The second kappa shape index (κ2) is 8.76. The van der Waals surface area contributed by atoms with Crippen molar-refractivity contribution in [1.82, 2.24) is 10.4 Å². The number of β-amino-alcohol motifs (C(OH)–C–C–N with tert-alkyl or cyclic N) is 1. The maximum Gasteiger partial charge on any atom is 0.267 e. The van der Waals surface area contributed by atoms with Gasteiger partial charge in [-0.05, 0) is 42.2 Å². The summed E-state index contributed by atoms with van der Waals surface area (Å²) in [6.07, 6.45) is 4.64. The average Bonchev–Trinajstić information content (AvgIpc) is 3.15. The van der Waals surface area contributed by atoms with Gasteiger partial charge in [-0.2, -0.15) is 0 Å². The lowest BCUT2D eigenvalue weighted by Gasteiger charge is -2.27. The topological polar surface area (TPSA) is 72.8 Å². The molecule has 2 atom stereocenters. The molecule has 1 aliphatic heterocycles. The molecular formula is C21H24N2O3. The summed E-state index contributed by atoms with van der Waals surface area (Å²) in [5.74, 6) is -0.550. The van der Waals surface area contributed by atoms with E-state index in [0.29, 0.717) is 12.6 Å². The number of nitrogens with one attached hydrogen (secondary N) is 1. The number of nitrogens with zero attached hydrogens (tertiary/aromatic N) is 1. The standard InChI is InChI=1S/C21H24N2O3/c24-20(18-5-2-1-3-6-18)15-23-14-4-7-19(23)17-11-8-16(9-12-17)10-13-21(25)22-26/h1-3,5-6,8-13,19-20,24,26H,4,7,14-15H2,(H,22,25)/b13-10+. The molecule has 3 rings (SSSR count). The summed E-state index contributed by atoms with van der Waals surface area (Å²) < 4.78 is 0. The monoisotopic (exact) mass is 352 g/mol. The summed E-state index contributed by atoms with van der Waals surface area (Å²) in [5, 5.41) is 19.0. The van der Waals surface area contributed by atoms with E-state index >= 15 is 0 Å². The summed E-state index contributed by atoms with van der Waals surface area (Å²) in [7, 11) is 0. The minimum atomic E-state index is -0.550. The van der Waals surface area contributed by atoms with Gasteiger partial charge in [-0.25, -0.2) is 5.48 Å². The van der Waals surface area contributed by atoms with Gasteiger partial charge in [-0.15, -0.1) is 0 Å². The molecule has 1 fully saturated rings. The van der Waals surface area contributed by atoms with Gasteiger partial charge in [0, 0.05) is 18.7 Å². The Morgan fingerprint density at radius 2 is 1.92 bits per heavy atom. The lowest BCUT2D eigenvalue weighted by Crippen LogP contribution is -2.28. The van der Waals surface area contributed by atoms with Gasteiger partial charge in [0.15, 0.2) is 0 Å². The van der Waals surface area contributed by atoms with E-state index in [1.807, 2.05) is 42.5 Å². The van der Waals surface area contributed by atoms with E-state index in [4.69, 9.17) is 5.21 Å². The highest BCUT2D eigenvalue weighted by Gasteiger charge is 2.27. The first kappa shape index (κ1) is 18.3. The number of hydrogen-bond acceptors (Lipinski definition) is 4. The molecule has 5 nitrogen and oxygen atoms in total. The Balaban J connectivity index is 1.66. The van der Waals surface area contributed by atoms with Crippen molar-refractivity contribution in [2.75, 3.05) is 13.1 Å². The van der Waals surface area contributed by atoms with E-state index in [1.165, 1.54) is 11.6 Å². The van der Waals surface area contributed by atoms with E-state index in [2.05, 4.69) is 17.0 Å². The van der Waals surface area contributed by atoms with Crippen LogP contribution in [-0.2, 0) is 4.79 Å². The van der Waals surface area contributed by atoms with Crippen LogP contribution in [0.1, 0.15) is 41.7 Å². The second-order valence-corrected chi connectivity index (χ2v) is 6.56. The first-order chi connectivity index (χ1) is 12.7. The third-order valence-electron chi connectivity index (χ3n) is 4.81. The molecule has 3 N–H and O–H groups in total. The van der Waals surface area contributed by atoms with E-state index in [-0.39, 0.29) is 0 Å². The third kappa shape index (κ3) is 4.58. The molecule has 1 heterocycles. The molecule has 0 aliphatic carbocycles. The van der Waals surface area contributed by atoms with Crippen LogP contribution in [0.5, 0.6) is 0 Å². The van der Waals surface area contributed by atoms with E-state index in [1.54, 1.807) is 11.6 Å². The molecule has 136 valence electrons. The zero-order valence-corrected chi connectivity index (χ0v) is 14.6. The molecule has 2 aromatic carbocycles. The molecule has 1 amide bonds. The lowest BCUT2D eigenvalue weighted by molar-refractivity contribution is -0.124. The van der Waals surface area contributed by atoms with Crippen LogP contribution in [0.3, 0.4) is 0 Å². The molecule has 5 heteroatoms. The molecule has 2 aromatic rings. The molecule has 0 spiro atoms. The lowest BCUT2D eigenvalue weighted by atomic mass is 10.0. The van der Waals surface area contributed by atoms with Crippen LogP contribution in [0.4, 0.5) is 0 Å². The van der Waals surface area contributed by atoms with Crippen LogP contribution in [-0.4, -0.2) is 34.2 Å². The Morgan fingerprint density at radius 1 is 1.19 bits per heavy atom. The molecular weight excluding hydrogens is 328 g/mol. The molecule has 0 radical (unpaired) electrons. The van der Waals surface area contributed by atoms with Crippen molar-refractivity contribution in [2.24, 2.45) is 0 Å². The van der Waals surface area contributed by atoms with Crippen molar-refractivity contribution in [2.45, 2.75) is 25.0 Å². The molecule has 0 bridgehead atoms. The SMILES string of the molecule is O=C(/C=C/c1ccc(C2CCCN2CC(O)c2ccccc2)cc1)NO. The predicted octanol–water partition coefficient (Wildman–Crippen LogP) is 3.08. The largest absolute Gasteiger partial charge is 0.387 e. The van der Waals surface area contributed by atoms with Crippen LogP contribution >= 0.6 is 0 Å². The van der Waals surface area contributed by atoms with Crippen LogP contribution in [0.2, 0.25) is 0 Å². The van der Waals surface area contributed by atoms with Gasteiger partial charge in [0.25, 0.3) is 5.91 Å². The third-order valence-corrected chi connectivity index (χ3v) is 4.81. The zero-order chi connectivity index (χ0) is 18.4. The highest BCUT2D eigenvalue weighted by atomic mass is 16.5. The fourth-order valence-electron chi connectivity index (χ4n) is 3.46. The maximum absolute atomic E-state index is 11.0.